The maximum Gasteiger partial charge on any atom is 0.0746 e. The number of nitrogens with one attached hydrogen (secondary N) is 1. The molecule has 2 rings (SSSR count). The van der Waals surface area contributed by atoms with Crippen molar-refractivity contribution in [3.8, 4) is 0 Å². The zero-order valence-electron chi connectivity index (χ0n) is 11.1. The van der Waals surface area contributed by atoms with E-state index in [1.165, 1.54) is 17.7 Å². The van der Waals surface area contributed by atoms with Gasteiger partial charge < -0.3 is 15.0 Å². The van der Waals surface area contributed by atoms with Crippen molar-refractivity contribution in [2.24, 2.45) is 0 Å². The van der Waals surface area contributed by atoms with E-state index in [1.54, 1.807) is 7.11 Å². The Morgan fingerprint density at radius 2 is 2.33 bits per heavy atom. The maximum atomic E-state index is 6.13. The summed E-state index contributed by atoms with van der Waals surface area (Å²) in [4.78, 5) is 2.39. The van der Waals surface area contributed by atoms with Crippen LogP contribution in [0, 0.1) is 0 Å². The van der Waals surface area contributed by atoms with E-state index in [0.29, 0.717) is 6.10 Å². The normalized spacial score (nSPS) is 20.2. The van der Waals surface area contributed by atoms with E-state index in [1.807, 2.05) is 13.1 Å². The summed E-state index contributed by atoms with van der Waals surface area (Å²) in [6, 6.07) is 6.12. The lowest BCUT2D eigenvalue weighted by Gasteiger charge is -2.35. The Bertz CT molecular complexity index is 397. The van der Waals surface area contributed by atoms with Crippen molar-refractivity contribution in [3.05, 3.63) is 28.8 Å². The first-order valence-electron chi connectivity index (χ1n) is 6.45. The monoisotopic (exact) mass is 268 g/mol. The van der Waals surface area contributed by atoms with Crippen molar-refractivity contribution in [2.75, 3.05) is 32.1 Å². The van der Waals surface area contributed by atoms with E-state index in [0.717, 1.165) is 31.1 Å². The molecule has 1 saturated heterocycles. The molecule has 18 heavy (non-hydrogen) atoms. The van der Waals surface area contributed by atoms with Gasteiger partial charge in [0.05, 0.1) is 6.10 Å². The minimum atomic E-state index is 0.333. The van der Waals surface area contributed by atoms with Gasteiger partial charge in [-0.2, -0.15) is 0 Å². The molecule has 1 atom stereocenters. The summed E-state index contributed by atoms with van der Waals surface area (Å²) < 4.78 is 5.48. The number of hydrogen-bond acceptors (Lipinski definition) is 3. The molecular weight excluding hydrogens is 248 g/mol. The van der Waals surface area contributed by atoms with Crippen LogP contribution in [-0.2, 0) is 11.3 Å². The van der Waals surface area contributed by atoms with Crippen molar-refractivity contribution in [1.82, 2.24) is 5.32 Å². The molecule has 4 heteroatoms. The molecule has 100 valence electrons. The Hall–Kier alpha value is -0.770. The molecule has 1 unspecified atom stereocenters. The van der Waals surface area contributed by atoms with Crippen LogP contribution in [0.25, 0.3) is 0 Å². The summed E-state index contributed by atoms with van der Waals surface area (Å²) in [5.74, 6) is 0. The molecule has 0 radical (unpaired) electrons. The third-order valence-corrected chi connectivity index (χ3v) is 3.70. The number of hydrogen-bond donors (Lipinski definition) is 1. The van der Waals surface area contributed by atoms with E-state index >= 15 is 0 Å². The van der Waals surface area contributed by atoms with Gasteiger partial charge in [-0.05, 0) is 37.6 Å². The van der Waals surface area contributed by atoms with Gasteiger partial charge in [-0.1, -0.05) is 17.7 Å². The second kappa shape index (κ2) is 6.41. The highest BCUT2D eigenvalue weighted by Gasteiger charge is 2.21. The van der Waals surface area contributed by atoms with E-state index in [2.05, 4.69) is 22.3 Å². The van der Waals surface area contributed by atoms with Crippen LogP contribution < -0.4 is 10.2 Å². The molecule has 3 nitrogen and oxygen atoms in total. The number of nitrogens with zero attached hydrogens (tertiary/aromatic N) is 1. The van der Waals surface area contributed by atoms with Gasteiger partial charge in [-0.15, -0.1) is 0 Å². The first-order chi connectivity index (χ1) is 8.74. The van der Waals surface area contributed by atoms with Crippen LogP contribution in [0.2, 0.25) is 5.02 Å². The summed E-state index contributed by atoms with van der Waals surface area (Å²) in [5.41, 5.74) is 2.53. The van der Waals surface area contributed by atoms with Gasteiger partial charge in [0.15, 0.2) is 0 Å². The summed E-state index contributed by atoms with van der Waals surface area (Å²) in [7, 11) is 3.76. The van der Waals surface area contributed by atoms with Crippen molar-refractivity contribution in [2.45, 2.75) is 25.5 Å². The molecule has 1 N–H and O–H groups in total. The highest BCUT2D eigenvalue weighted by atomic mass is 35.5. The van der Waals surface area contributed by atoms with Crippen LogP contribution >= 0.6 is 11.6 Å². The number of benzene rings is 1. The Balaban J connectivity index is 2.22. The largest absolute Gasteiger partial charge is 0.380 e. The van der Waals surface area contributed by atoms with E-state index in [4.69, 9.17) is 16.3 Å². The molecule has 0 saturated carbocycles. The molecular formula is C14H21ClN2O. The topological polar surface area (TPSA) is 24.5 Å². The van der Waals surface area contributed by atoms with Crippen LogP contribution in [0.1, 0.15) is 18.4 Å². The molecule has 0 aliphatic carbocycles. The molecule has 0 spiro atoms. The van der Waals surface area contributed by atoms with Gasteiger partial charge in [0.1, 0.15) is 0 Å². The minimum Gasteiger partial charge on any atom is -0.380 e. The van der Waals surface area contributed by atoms with E-state index < -0.39 is 0 Å². The van der Waals surface area contributed by atoms with Gasteiger partial charge in [-0.3, -0.25) is 0 Å². The minimum absolute atomic E-state index is 0.333. The zero-order valence-corrected chi connectivity index (χ0v) is 11.8. The van der Waals surface area contributed by atoms with Gasteiger partial charge in [0, 0.05) is 37.5 Å². The molecule has 1 aliphatic rings. The Morgan fingerprint density at radius 3 is 3.06 bits per heavy atom. The Morgan fingerprint density at radius 1 is 1.50 bits per heavy atom. The molecule has 1 fully saturated rings. The highest BCUT2D eigenvalue weighted by Crippen LogP contribution is 2.28. The summed E-state index contributed by atoms with van der Waals surface area (Å²) in [5, 5.41) is 4.00. The molecule has 1 aliphatic heterocycles. The fourth-order valence-corrected chi connectivity index (χ4v) is 2.69. The van der Waals surface area contributed by atoms with Crippen molar-refractivity contribution in [1.29, 1.82) is 0 Å². The SMILES string of the molecule is CNCc1ccc(Cl)cc1N1CCCC(OC)C1. The first kappa shape index (κ1) is 13.7. The van der Waals surface area contributed by atoms with E-state index in [9.17, 15) is 0 Å². The molecule has 0 amide bonds. The van der Waals surface area contributed by atoms with Gasteiger partial charge in [0.2, 0.25) is 0 Å². The first-order valence-corrected chi connectivity index (χ1v) is 6.83. The predicted molar refractivity (Wildman–Crippen MR) is 76.5 cm³/mol. The quantitative estimate of drug-likeness (QED) is 0.909. The second-order valence-corrected chi connectivity index (χ2v) is 5.19. The second-order valence-electron chi connectivity index (χ2n) is 4.75. The average Bonchev–Trinajstić information content (AvgIpc) is 2.41. The average molecular weight is 269 g/mol. The number of rotatable bonds is 4. The van der Waals surface area contributed by atoms with Crippen molar-refractivity contribution in [3.63, 3.8) is 0 Å². The smallest absolute Gasteiger partial charge is 0.0746 e. The summed E-state index contributed by atoms with van der Waals surface area (Å²) in [6.45, 7) is 2.89. The lowest BCUT2D eigenvalue weighted by molar-refractivity contribution is 0.0893. The predicted octanol–water partition coefficient (Wildman–Crippen LogP) is 2.67. The van der Waals surface area contributed by atoms with Crippen LogP contribution in [-0.4, -0.2) is 33.4 Å². The molecule has 1 heterocycles. The lowest BCUT2D eigenvalue weighted by atomic mass is 10.0. The fraction of sp³-hybridized carbons (Fsp3) is 0.571. The van der Waals surface area contributed by atoms with Crippen LogP contribution in [0.15, 0.2) is 18.2 Å². The van der Waals surface area contributed by atoms with Gasteiger partial charge in [0.25, 0.3) is 0 Å². The number of ether oxygens (including phenoxy) is 1. The Kier molecular flexibility index (Phi) is 4.87. The lowest BCUT2D eigenvalue weighted by Crippen LogP contribution is -2.39. The summed E-state index contributed by atoms with van der Waals surface area (Å²) in [6.07, 6.45) is 2.65. The third kappa shape index (κ3) is 3.16. The number of halogens is 1. The number of methoxy groups -OCH3 is 1. The third-order valence-electron chi connectivity index (χ3n) is 3.47. The molecule has 1 aromatic rings. The van der Waals surface area contributed by atoms with Crippen LogP contribution in [0.5, 0.6) is 0 Å². The molecule has 0 bridgehead atoms. The standard InChI is InChI=1S/C14H21ClN2O/c1-16-9-11-5-6-12(15)8-14(11)17-7-3-4-13(10-17)18-2/h5-6,8,13,16H,3-4,7,9-10H2,1-2H3. The van der Waals surface area contributed by atoms with Gasteiger partial charge in [-0.25, -0.2) is 0 Å². The molecule has 0 aromatic heterocycles. The van der Waals surface area contributed by atoms with Crippen LogP contribution in [0.3, 0.4) is 0 Å². The maximum absolute atomic E-state index is 6.13. The summed E-state index contributed by atoms with van der Waals surface area (Å²) >= 11 is 6.13. The Labute approximate surface area is 114 Å². The van der Waals surface area contributed by atoms with Crippen LogP contribution in [0.4, 0.5) is 5.69 Å². The number of anilines is 1. The number of piperidine rings is 1. The van der Waals surface area contributed by atoms with E-state index in [-0.39, 0.29) is 0 Å². The molecule has 1 aromatic carbocycles. The fourth-order valence-electron chi connectivity index (χ4n) is 2.52. The highest BCUT2D eigenvalue weighted by molar-refractivity contribution is 6.30. The zero-order chi connectivity index (χ0) is 13.0. The van der Waals surface area contributed by atoms with Crippen molar-refractivity contribution < 1.29 is 4.74 Å². The van der Waals surface area contributed by atoms with Crippen molar-refractivity contribution >= 4 is 17.3 Å². The van der Waals surface area contributed by atoms with Gasteiger partial charge >= 0.3 is 0 Å².